The normalized spacial score (nSPS) is 38.3. The van der Waals surface area contributed by atoms with Crippen molar-refractivity contribution in [1.29, 1.82) is 0 Å². The van der Waals surface area contributed by atoms with Crippen molar-refractivity contribution in [3.8, 4) is 5.75 Å². The molecule has 0 spiro atoms. The second-order valence-corrected chi connectivity index (χ2v) is 22.4. The van der Waals surface area contributed by atoms with E-state index in [4.69, 9.17) is 16.3 Å². The lowest BCUT2D eigenvalue weighted by atomic mass is 9.37. The number of ketones is 2. The molecule has 12 atom stereocenters. The highest BCUT2D eigenvalue weighted by molar-refractivity contribution is 6.30. The van der Waals surface area contributed by atoms with E-state index in [9.17, 15) is 14.7 Å². The van der Waals surface area contributed by atoms with E-state index < -0.39 is 0 Å². The number of allylic oxidation sites excluding steroid dienone is 3. The van der Waals surface area contributed by atoms with E-state index in [1.54, 1.807) is 5.57 Å². The summed E-state index contributed by atoms with van der Waals surface area (Å²) in [6.45, 7) is 23.8. The molecule has 5 saturated carbocycles. The fourth-order valence-electron chi connectivity index (χ4n) is 15.6. The molecule has 7 aliphatic rings. The van der Waals surface area contributed by atoms with Gasteiger partial charge in [0.2, 0.25) is 0 Å². The zero-order valence-corrected chi connectivity index (χ0v) is 39.9. The van der Waals surface area contributed by atoms with Gasteiger partial charge in [-0.15, -0.1) is 0 Å². The van der Waals surface area contributed by atoms with Crippen molar-refractivity contribution < 1.29 is 19.4 Å². The molecule has 0 aromatic heterocycles. The minimum Gasteiger partial charge on any atom is -0.513 e. The van der Waals surface area contributed by atoms with Gasteiger partial charge in [-0.1, -0.05) is 77.8 Å². The van der Waals surface area contributed by atoms with E-state index in [0.717, 1.165) is 56.6 Å². The van der Waals surface area contributed by atoms with Crippen molar-refractivity contribution in [3.05, 3.63) is 52.3 Å². The zero-order valence-electron chi connectivity index (χ0n) is 39.1. The van der Waals surface area contributed by atoms with E-state index >= 15 is 0 Å². The summed E-state index contributed by atoms with van der Waals surface area (Å²) in [6.07, 6.45) is 16.9. The molecule has 6 aliphatic carbocycles. The summed E-state index contributed by atoms with van der Waals surface area (Å²) < 4.78 is 6.36. The fraction of sp³-hybridized carbons (Fsp3) is 0.774. The van der Waals surface area contributed by atoms with Gasteiger partial charge in [-0.05, 0) is 180 Å². The number of nitrogens with zero attached hydrogens (tertiary/aromatic N) is 1. The molecule has 8 rings (SSSR count). The van der Waals surface area contributed by atoms with Crippen molar-refractivity contribution in [2.24, 2.45) is 81.2 Å². The third-order valence-corrected chi connectivity index (χ3v) is 19.1. The molecule has 0 radical (unpaired) electrons. The second-order valence-electron chi connectivity index (χ2n) is 22.0. The molecule has 7 nitrogen and oxygen atoms in total. The summed E-state index contributed by atoms with van der Waals surface area (Å²) in [7, 11) is 1.50. The molecule has 1 heterocycles. The molecular weight excluding hydrogens is 778 g/mol. The van der Waals surface area contributed by atoms with E-state index in [-0.39, 0.29) is 40.3 Å². The van der Waals surface area contributed by atoms with Crippen LogP contribution in [0, 0.1) is 75.4 Å². The number of ether oxygens (including phenoxy) is 1. The van der Waals surface area contributed by atoms with Gasteiger partial charge in [0.1, 0.15) is 18.1 Å². The van der Waals surface area contributed by atoms with Crippen LogP contribution in [0.25, 0.3) is 0 Å². The quantitative estimate of drug-likeness (QED) is 0.126. The Balaban J connectivity index is 0.00000277. The maximum absolute atomic E-state index is 14.1. The first-order valence-electron chi connectivity index (χ1n) is 24.8. The highest BCUT2D eigenvalue weighted by atomic mass is 35.5. The standard InChI is InChI=1S/C52H77ClN2O4.CH5N/c1-32(2)48-45(58)30-52(21-22-54-31-37-11-12-38(53)28-46(37)59-26-25-55-23-9-8-10-24-55)20-17-43-39(49(48)52)13-14-47-50(6)18-15-36(33(3)42(50)16-19-51(43,47)7)27-44(57)41-29-40(34(41)4)35(5)56;1-2/h11-12,28,32-34,36,39-43,47,54,56H,5,8-10,13-27,29-31H2,1-4,6-7H3;2H2,1H3. The van der Waals surface area contributed by atoms with Gasteiger partial charge in [-0.25, -0.2) is 0 Å². The van der Waals surface area contributed by atoms with Gasteiger partial charge in [0.25, 0.3) is 0 Å². The highest BCUT2D eigenvalue weighted by Gasteiger charge is 2.64. The summed E-state index contributed by atoms with van der Waals surface area (Å²) in [5.41, 5.74) is 8.99. The third-order valence-electron chi connectivity index (χ3n) is 18.8. The average Bonchev–Trinajstić information content (AvgIpc) is 3.54. The minimum atomic E-state index is -0.0234. The number of benzene rings is 1. The Bertz CT molecular complexity index is 1790. The number of rotatable bonds is 14. The predicted molar refractivity (Wildman–Crippen MR) is 250 cm³/mol. The Kier molecular flexibility index (Phi) is 14.7. The summed E-state index contributed by atoms with van der Waals surface area (Å²) in [5, 5.41) is 14.5. The topological polar surface area (TPSA) is 105 Å². The summed E-state index contributed by atoms with van der Waals surface area (Å²) >= 11 is 6.46. The van der Waals surface area contributed by atoms with Crippen molar-refractivity contribution in [2.45, 2.75) is 144 Å². The maximum Gasteiger partial charge on any atom is 0.159 e. The maximum atomic E-state index is 14.1. The van der Waals surface area contributed by atoms with Gasteiger partial charge < -0.3 is 20.9 Å². The smallest absolute Gasteiger partial charge is 0.159 e. The molecule has 8 heteroatoms. The van der Waals surface area contributed by atoms with Gasteiger partial charge in [0.15, 0.2) is 5.78 Å². The van der Waals surface area contributed by atoms with E-state index in [2.05, 4.69) is 70.1 Å². The van der Waals surface area contributed by atoms with Crippen LogP contribution < -0.4 is 15.8 Å². The molecule has 4 N–H and O–H groups in total. The number of carbonyl (C=O) groups excluding carboxylic acids is 2. The van der Waals surface area contributed by atoms with E-state index in [1.165, 1.54) is 83.5 Å². The van der Waals surface area contributed by atoms with Crippen LogP contribution in [0.2, 0.25) is 5.02 Å². The molecule has 1 aromatic carbocycles. The SMILES string of the molecule is C=C(O)C1CC(C(=O)CC2CCC3(C)C(CCC4(C)C5CCC6(CCNCc7ccc(Cl)cc7OCCN7CCCCC7)CC(=O)C(C(C)C)=C6C5CCC43)C2C)C1C.CN. The molecule has 61 heavy (non-hydrogen) atoms. The molecule has 1 saturated heterocycles. The number of Topliss-reactive ketones (excluding diaryl/α,β-unsaturated/α-hetero) is 2. The van der Waals surface area contributed by atoms with Crippen LogP contribution in [0.1, 0.15) is 143 Å². The molecule has 0 bridgehead atoms. The number of aliphatic hydroxyl groups excluding tert-OH is 1. The first-order valence-corrected chi connectivity index (χ1v) is 25.1. The van der Waals surface area contributed by atoms with Gasteiger partial charge in [-0.3, -0.25) is 14.5 Å². The number of fused-ring (bicyclic) bond motifs is 7. The van der Waals surface area contributed by atoms with Gasteiger partial charge in [0, 0.05) is 53.8 Å². The number of nitrogens with two attached hydrogens (primary N) is 1. The van der Waals surface area contributed by atoms with Crippen LogP contribution in [0.5, 0.6) is 5.75 Å². The molecule has 6 fully saturated rings. The number of hydrogen-bond acceptors (Lipinski definition) is 7. The molecule has 1 aliphatic heterocycles. The average molecular weight is 861 g/mol. The van der Waals surface area contributed by atoms with Crippen molar-refractivity contribution >= 4 is 23.2 Å². The summed E-state index contributed by atoms with van der Waals surface area (Å²) in [5.74, 6) is 6.19. The van der Waals surface area contributed by atoms with Gasteiger partial charge >= 0.3 is 0 Å². The van der Waals surface area contributed by atoms with Crippen LogP contribution in [0.15, 0.2) is 41.7 Å². The summed E-state index contributed by atoms with van der Waals surface area (Å²) in [6, 6.07) is 6.06. The molecule has 340 valence electrons. The first-order chi connectivity index (χ1) is 29.2. The zero-order chi connectivity index (χ0) is 43.9. The Morgan fingerprint density at radius 1 is 0.984 bits per heavy atom. The number of carbonyl (C=O) groups is 2. The first kappa shape index (κ1) is 46.8. The van der Waals surface area contributed by atoms with Crippen LogP contribution in [0.4, 0.5) is 0 Å². The molecule has 0 amide bonds. The number of nitrogens with one attached hydrogen (secondary N) is 1. The number of halogens is 1. The largest absolute Gasteiger partial charge is 0.513 e. The third kappa shape index (κ3) is 8.83. The van der Waals surface area contributed by atoms with Crippen molar-refractivity contribution in [3.63, 3.8) is 0 Å². The van der Waals surface area contributed by atoms with Crippen LogP contribution in [-0.4, -0.2) is 61.4 Å². The highest BCUT2D eigenvalue weighted by Crippen LogP contribution is 2.72. The number of hydrogen-bond donors (Lipinski definition) is 3. The fourth-order valence-corrected chi connectivity index (χ4v) is 15.8. The Morgan fingerprint density at radius 3 is 2.39 bits per heavy atom. The number of aliphatic hydroxyl groups is 1. The Hall–Kier alpha value is -2.19. The lowest BCUT2D eigenvalue weighted by Gasteiger charge is -2.67. The lowest BCUT2D eigenvalue weighted by Crippen LogP contribution is -2.60. The molecule has 12 unspecified atom stereocenters. The van der Waals surface area contributed by atoms with Crippen LogP contribution in [-0.2, 0) is 16.1 Å². The van der Waals surface area contributed by atoms with Gasteiger partial charge in [0.05, 0.1) is 5.76 Å². The van der Waals surface area contributed by atoms with Crippen molar-refractivity contribution in [2.75, 3.05) is 39.8 Å². The van der Waals surface area contributed by atoms with Crippen molar-refractivity contribution in [1.82, 2.24) is 10.2 Å². The summed E-state index contributed by atoms with van der Waals surface area (Å²) in [4.78, 5) is 30.3. The van der Waals surface area contributed by atoms with E-state index in [0.29, 0.717) is 77.0 Å². The minimum absolute atomic E-state index is 0.0234. The monoisotopic (exact) mass is 860 g/mol. The van der Waals surface area contributed by atoms with Crippen LogP contribution in [0.3, 0.4) is 0 Å². The van der Waals surface area contributed by atoms with Crippen LogP contribution >= 0.6 is 11.6 Å². The molecular formula is C53H82ClN3O4. The number of likely N-dealkylation sites (tertiary alicyclic amines) is 1. The Morgan fingerprint density at radius 2 is 1.69 bits per heavy atom. The Labute approximate surface area is 374 Å². The van der Waals surface area contributed by atoms with E-state index in [1.807, 2.05) is 12.1 Å². The second kappa shape index (κ2) is 19.1. The predicted octanol–water partition coefficient (Wildman–Crippen LogP) is 11.4. The molecule has 1 aromatic rings. The lowest BCUT2D eigenvalue weighted by molar-refractivity contribution is -0.172. The number of piperidine rings is 1. The van der Waals surface area contributed by atoms with Gasteiger partial charge in [-0.2, -0.15) is 0 Å².